The predicted octanol–water partition coefficient (Wildman–Crippen LogP) is 6.13. The van der Waals surface area contributed by atoms with Crippen LogP contribution >= 0.6 is 0 Å². The van der Waals surface area contributed by atoms with E-state index in [9.17, 15) is 9.59 Å². The highest BCUT2D eigenvalue weighted by atomic mass is 16.5. The number of pyridine rings is 6. The van der Waals surface area contributed by atoms with Crippen molar-refractivity contribution in [3.63, 3.8) is 0 Å². The number of rotatable bonds is 10. The van der Waals surface area contributed by atoms with Gasteiger partial charge in [0.1, 0.15) is 23.3 Å². The highest BCUT2D eigenvalue weighted by Crippen LogP contribution is 2.49. The Hall–Kier alpha value is -8.02. The molecule has 8 heterocycles. The van der Waals surface area contributed by atoms with Gasteiger partial charge in [0.15, 0.2) is 0 Å². The van der Waals surface area contributed by atoms with E-state index >= 15 is 0 Å². The van der Waals surface area contributed by atoms with E-state index in [4.69, 9.17) is 20.9 Å². The second kappa shape index (κ2) is 16.7. The van der Waals surface area contributed by atoms with Crippen molar-refractivity contribution in [2.75, 3.05) is 36.3 Å². The van der Waals surface area contributed by atoms with Crippen LogP contribution in [-0.4, -0.2) is 75.5 Å². The Morgan fingerprint density at radius 3 is 1.39 bits per heavy atom. The number of aromatic nitrogens is 10. The number of hydrogen-bond donors (Lipinski definition) is 4. The maximum atomic E-state index is 12.7. The number of nitrogens with two attached hydrogens (primary N) is 2. The molecular formula is C46H46N14O4. The number of nitrogens with one attached hydrogen (secondary N) is 2. The summed E-state index contributed by atoms with van der Waals surface area (Å²) >= 11 is 0. The number of aryl methyl sites for hydroxylation is 4. The molecular weight excluding hydrogens is 813 g/mol. The summed E-state index contributed by atoms with van der Waals surface area (Å²) in [5.74, 6) is 3.01. The van der Waals surface area contributed by atoms with Crippen LogP contribution in [0.3, 0.4) is 0 Å². The number of anilines is 4. The van der Waals surface area contributed by atoms with Gasteiger partial charge in [0.2, 0.25) is 23.6 Å². The standard InChI is InChI=1S/2C23H23N7O2/c2*1-12-4-21(32-3)26-9-17(12)19-5-13-6-20(25-10-18(13)22(24)28-19)29-23(31)16-7-15(16)14-8-27-30(2)11-14/h2*4-6,8-11,15-16H,7H2,1-3H3,(H2,24,28)(H,25,29,31)/t2*15-,16+/m10/s1. The van der Waals surface area contributed by atoms with Crippen LogP contribution in [0, 0.1) is 25.7 Å². The Kier molecular flexibility index (Phi) is 10.8. The number of fused-ring (bicyclic) bond motifs is 2. The highest BCUT2D eigenvalue weighted by Gasteiger charge is 2.45. The maximum Gasteiger partial charge on any atom is 0.229 e. The van der Waals surface area contributed by atoms with E-state index in [2.05, 4.69) is 50.7 Å². The average molecular weight is 859 g/mol. The molecule has 2 aliphatic carbocycles. The van der Waals surface area contributed by atoms with Crippen molar-refractivity contribution in [3.8, 4) is 34.3 Å². The van der Waals surface area contributed by atoms with E-state index in [0.29, 0.717) is 46.4 Å². The number of carbonyl (C=O) groups excluding carboxylic acids is 2. The summed E-state index contributed by atoms with van der Waals surface area (Å²) in [6.07, 6.45) is 15.9. The molecule has 0 saturated heterocycles. The van der Waals surface area contributed by atoms with Gasteiger partial charge in [0, 0.05) is 97.1 Å². The number of nitrogens with zero attached hydrogens (tertiary/aromatic N) is 10. The largest absolute Gasteiger partial charge is 0.481 e. The summed E-state index contributed by atoms with van der Waals surface area (Å²) in [6.45, 7) is 3.93. The van der Waals surface area contributed by atoms with Gasteiger partial charge in [-0.25, -0.2) is 29.9 Å². The molecule has 2 aliphatic rings. The first-order valence-electron chi connectivity index (χ1n) is 20.6. The Labute approximate surface area is 367 Å². The molecule has 6 N–H and O–H groups in total. The van der Waals surface area contributed by atoms with Gasteiger partial charge in [-0.1, -0.05) is 0 Å². The fourth-order valence-electron chi connectivity index (χ4n) is 7.99. The van der Waals surface area contributed by atoms with E-state index < -0.39 is 0 Å². The molecule has 0 unspecified atom stereocenters. The zero-order valence-electron chi connectivity index (χ0n) is 36.1. The SMILES string of the molecule is COc1cc(C)c(-c2cc3cc(NC(=O)[C@@H]4C[C@H]4c4cnn(C)c4)ncc3c(N)n2)cn1.COc1cc(C)c(-c2cc3cc(NC(=O)[C@H]4C[C@@H]4c4cnn(C)c4)ncc3c(N)n2)cn1. The molecule has 2 amide bonds. The molecule has 8 aromatic heterocycles. The number of amides is 2. The van der Waals surface area contributed by atoms with Crippen LogP contribution in [0.25, 0.3) is 44.1 Å². The third kappa shape index (κ3) is 8.44. The van der Waals surface area contributed by atoms with Crippen LogP contribution in [0.5, 0.6) is 11.8 Å². The zero-order valence-corrected chi connectivity index (χ0v) is 36.1. The van der Waals surface area contributed by atoms with Crippen LogP contribution in [-0.2, 0) is 23.7 Å². The van der Waals surface area contributed by atoms with Crippen LogP contribution in [0.15, 0.2) is 86.0 Å². The molecule has 2 saturated carbocycles. The smallest absolute Gasteiger partial charge is 0.229 e. The number of carbonyl (C=O) groups is 2. The van der Waals surface area contributed by atoms with Crippen molar-refractivity contribution in [3.05, 3.63) is 108 Å². The molecule has 0 aliphatic heterocycles. The second-order valence-corrected chi connectivity index (χ2v) is 16.2. The summed E-state index contributed by atoms with van der Waals surface area (Å²) in [4.78, 5) is 51.8. The van der Waals surface area contributed by atoms with Gasteiger partial charge in [-0.2, -0.15) is 10.2 Å². The van der Waals surface area contributed by atoms with Crippen LogP contribution in [0.4, 0.5) is 23.3 Å². The van der Waals surface area contributed by atoms with Crippen LogP contribution < -0.4 is 31.6 Å². The summed E-state index contributed by atoms with van der Waals surface area (Å²) in [5, 5.41) is 17.4. The van der Waals surface area contributed by atoms with Gasteiger partial charge >= 0.3 is 0 Å². The number of hydrogen-bond acceptors (Lipinski definition) is 14. The summed E-state index contributed by atoms with van der Waals surface area (Å²) in [5.41, 5.74) is 19.6. The van der Waals surface area contributed by atoms with E-state index in [0.717, 1.165) is 67.8 Å². The Morgan fingerprint density at radius 2 is 1.03 bits per heavy atom. The lowest BCUT2D eigenvalue weighted by atomic mass is 10.1. The molecule has 0 spiro atoms. The summed E-state index contributed by atoms with van der Waals surface area (Å²) in [6, 6.07) is 11.2. The first kappa shape index (κ1) is 41.3. The Bertz CT molecular complexity index is 2900. The van der Waals surface area contributed by atoms with E-state index in [-0.39, 0.29) is 35.5 Å². The third-order valence-electron chi connectivity index (χ3n) is 11.7. The van der Waals surface area contributed by atoms with Gasteiger partial charge < -0.3 is 31.6 Å². The second-order valence-electron chi connectivity index (χ2n) is 16.2. The van der Waals surface area contributed by atoms with E-state index in [1.807, 2.05) is 89.1 Å². The molecule has 64 heavy (non-hydrogen) atoms. The molecule has 8 aromatic rings. The molecule has 10 rings (SSSR count). The molecule has 2 fully saturated rings. The number of methoxy groups -OCH3 is 2. The Balaban J connectivity index is 0.000000162. The van der Waals surface area contributed by atoms with Crippen molar-refractivity contribution in [2.45, 2.75) is 38.5 Å². The van der Waals surface area contributed by atoms with Crippen molar-refractivity contribution in [1.82, 2.24) is 49.5 Å². The fraction of sp³-hybridized carbons (Fsp3) is 0.261. The topological polar surface area (TPSA) is 242 Å². The van der Waals surface area contributed by atoms with Gasteiger partial charge in [-0.3, -0.25) is 19.0 Å². The molecule has 0 radical (unpaired) electrons. The molecule has 0 aromatic carbocycles. The minimum atomic E-state index is -0.0669. The summed E-state index contributed by atoms with van der Waals surface area (Å²) < 4.78 is 13.9. The minimum Gasteiger partial charge on any atom is -0.481 e. The van der Waals surface area contributed by atoms with Crippen LogP contribution in [0.2, 0.25) is 0 Å². The quantitative estimate of drug-likeness (QED) is 0.121. The van der Waals surface area contributed by atoms with Crippen molar-refractivity contribution in [2.24, 2.45) is 25.9 Å². The lowest BCUT2D eigenvalue weighted by Crippen LogP contribution is -2.15. The first-order valence-corrected chi connectivity index (χ1v) is 20.6. The number of nitrogen functional groups attached to an aromatic ring is 2. The highest BCUT2D eigenvalue weighted by molar-refractivity contribution is 6.00. The van der Waals surface area contributed by atoms with Crippen molar-refractivity contribution < 1.29 is 19.1 Å². The minimum absolute atomic E-state index is 0.0387. The lowest BCUT2D eigenvalue weighted by molar-refractivity contribution is -0.118. The van der Waals surface area contributed by atoms with E-state index in [1.54, 1.807) is 48.4 Å². The average Bonchev–Trinajstić information content (AvgIpc) is 4.18. The molecule has 18 nitrogen and oxygen atoms in total. The number of ether oxygens (including phenoxy) is 2. The normalized spacial score (nSPS) is 17.3. The lowest BCUT2D eigenvalue weighted by Gasteiger charge is -2.11. The van der Waals surface area contributed by atoms with Gasteiger partial charge in [0.25, 0.3) is 0 Å². The zero-order chi connectivity index (χ0) is 44.8. The predicted molar refractivity (Wildman–Crippen MR) is 242 cm³/mol. The maximum absolute atomic E-state index is 12.7. The summed E-state index contributed by atoms with van der Waals surface area (Å²) in [7, 11) is 6.91. The molecule has 18 heteroatoms. The molecule has 0 bridgehead atoms. The van der Waals surface area contributed by atoms with Crippen molar-refractivity contribution in [1.29, 1.82) is 0 Å². The monoisotopic (exact) mass is 858 g/mol. The molecule has 4 atom stereocenters. The van der Waals surface area contributed by atoms with Crippen LogP contribution in [0.1, 0.15) is 46.9 Å². The molecule has 324 valence electrons. The van der Waals surface area contributed by atoms with Gasteiger partial charge in [-0.15, -0.1) is 0 Å². The Morgan fingerprint density at radius 1 is 0.609 bits per heavy atom. The third-order valence-corrected chi connectivity index (χ3v) is 11.7. The first-order chi connectivity index (χ1) is 30.8. The van der Waals surface area contributed by atoms with Gasteiger partial charge in [-0.05, 0) is 95.8 Å². The van der Waals surface area contributed by atoms with Crippen molar-refractivity contribution >= 4 is 56.6 Å². The van der Waals surface area contributed by atoms with Gasteiger partial charge in [0.05, 0.1) is 38.0 Å². The fourth-order valence-corrected chi connectivity index (χ4v) is 7.99. The van der Waals surface area contributed by atoms with E-state index in [1.165, 1.54) is 0 Å².